The molecule has 0 unspecified atom stereocenters. The van der Waals surface area contributed by atoms with Crippen molar-refractivity contribution in [2.24, 2.45) is 16.6 Å². The van der Waals surface area contributed by atoms with Crippen LogP contribution in [0.15, 0.2) is 41.5 Å². The molecule has 2 aromatic rings. The van der Waals surface area contributed by atoms with Gasteiger partial charge in [0.2, 0.25) is 5.91 Å². The van der Waals surface area contributed by atoms with Crippen molar-refractivity contribution in [1.82, 2.24) is 9.88 Å². The topological polar surface area (TPSA) is 95.4 Å². The first-order chi connectivity index (χ1) is 15.9. The molecule has 1 saturated heterocycles. The molecular formula is C25H22FN5OS. The number of amidine groups is 1. The van der Waals surface area contributed by atoms with Crippen molar-refractivity contribution in [1.29, 1.82) is 5.26 Å². The van der Waals surface area contributed by atoms with Crippen LogP contribution in [0, 0.1) is 17.2 Å². The van der Waals surface area contributed by atoms with Crippen LogP contribution in [0.3, 0.4) is 0 Å². The van der Waals surface area contributed by atoms with Gasteiger partial charge in [-0.25, -0.2) is 4.39 Å². The van der Waals surface area contributed by atoms with Gasteiger partial charge in [0.15, 0.2) is 5.17 Å². The molecule has 33 heavy (non-hydrogen) atoms. The Balaban J connectivity index is 1.31. The zero-order valence-corrected chi connectivity index (χ0v) is 18.7. The number of hydrogen-bond donors (Lipinski definition) is 1. The molecule has 1 aromatic heterocycles. The standard InChI is InChI=1S/C25H22FN5OS/c26-19(20-6-4-16(13-27)14-29-20)10-15-3-5-17-11-24(18(17)9-15)21-12-25(21,33-23(28)30-24)22(32)31-7-1-2-8-31/h3-6,9-10,14,21H,1-2,7-8,11-12H2,(H2,28,30)/b19-10-/t21-,24+,25-/m0/s1. The summed E-state index contributed by atoms with van der Waals surface area (Å²) in [5.74, 6) is -0.151. The Morgan fingerprint density at radius 1 is 1.30 bits per heavy atom. The Labute approximate surface area is 195 Å². The summed E-state index contributed by atoms with van der Waals surface area (Å²) in [6.07, 6.45) is 6.46. The number of likely N-dealkylation sites (tertiary alicyclic amines) is 1. The predicted octanol–water partition coefficient (Wildman–Crippen LogP) is 3.61. The lowest BCUT2D eigenvalue weighted by Gasteiger charge is -2.45. The molecule has 2 aliphatic carbocycles. The van der Waals surface area contributed by atoms with E-state index in [1.165, 1.54) is 35.7 Å². The maximum absolute atomic E-state index is 14.8. The van der Waals surface area contributed by atoms with E-state index in [2.05, 4.69) is 4.98 Å². The van der Waals surface area contributed by atoms with Crippen molar-refractivity contribution in [3.05, 3.63) is 64.5 Å². The molecule has 3 heterocycles. The number of hydrogen-bond acceptors (Lipinski definition) is 6. The van der Waals surface area contributed by atoms with Crippen LogP contribution in [0.25, 0.3) is 11.9 Å². The first-order valence-corrected chi connectivity index (χ1v) is 12.0. The number of fused-ring (bicyclic) bond motifs is 4. The Kier molecular flexibility index (Phi) is 4.43. The summed E-state index contributed by atoms with van der Waals surface area (Å²) in [6.45, 7) is 1.65. The van der Waals surface area contributed by atoms with Gasteiger partial charge in [0.1, 0.15) is 16.6 Å². The minimum absolute atomic E-state index is 0.118. The normalized spacial score (nSPS) is 29.6. The molecule has 0 bridgehead atoms. The lowest BCUT2D eigenvalue weighted by Crippen LogP contribution is -2.50. The Morgan fingerprint density at radius 3 is 2.85 bits per heavy atom. The van der Waals surface area contributed by atoms with Crippen LogP contribution in [0.1, 0.15) is 47.2 Å². The van der Waals surface area contributed by atoms with E-state index in [1.54, 1.807) is 6.07 Å². The van der Waals surface area contributed by atoms with Gasteiger partial charge in [0.05, 0.1) is 16.8 Å². The zero-order chi connectivity index (χ0) is 22.8. The third-order valence-electron chi connectivity index (χ3n) is 7.33. The molecule has 6 nitrogen and oxygen atoms in total. The number of benzene rings is 1. The molecular weight excluding hydrogens is 437 g/mol. The Hall–Kier alpha value is -3.18. The van der Waals surface area contributed by atoms with Gasteiger partial charge in [0, 0.05) is 31.6 Å². The summed E-state index contributed by atoms with van der Waals surface area (Å²) >= 11 is 1.43. The van der Waals surface area contributed by atoms with Gasteiger partial charge in [0.25, 0.3) is 0 Å². The predicted molar refractivity (Wildman–Crippen MR) is 126 cm³/mol. The van der Waals surface area contributed by atoms with Crippen molar-refractivity contribution in [3.63, 3.8) is 0 Å². The Morgan fingerprint density at radius 2 is 2.12 bits per heavy atom. The van der Waals surface area contributed by atoms with Crippen LogP contribution in [0.4, 0.5) is 4.39 Å². The summed E-state index contributed by atoms with van der Waals surface area (Å²) in [6, 6.07) is 10.9. The van der Waals surface area contributed by atoms with Crippen LogP contribution in [-0.4, -0.2) is 38.8 Å². The van der Waals surface area contributed by atoms with E-state index in [-0.39, 0.29) is 17.5 Å². The molecule has 2 fully saturated rings. The molecule has 8 heteroatoms. The van der Waals surface area contributed by atoms with Crippen molar-refractivity contribution in [2.45, 2.75) is 36.0 Å². The number of carbonyl (C=O) groups is 1. The third kappa shape index (κ3) is 3.02. The average molecular weight is 460 g/mol. The molecule has 1 amide bonds. The SMILES string of the molecule is N#Cc1ccc(/C(F)=C/c2ccc3c(c2)[C@@]2(C3)N=C(N)S[C@@]3(C(=O)N4CCCC4)C[C@H]32)nc1. The molecule has 1 saturated carbocycles. The van der Waals surface area contributed by atoms with Crippen molar-refractivity contribution < 1.29 is 9.18 Å². The van der Waals surface area contributed by atoms with Crippen LogP contribution < -0.4 is 5.73 Å². The van der Waals surface area contributed by atoms with Crippen LogP contribution in [0.2, 0.25) is 0 Å². The number of nitrogens with two attached hydrogens (primary N) is 1. The van der Waals surface area contributed by atoms with E-state index in [9.17, 15) is 9.18 Å². The summed E-state index contributed by atoms with van der Waals surface area (Å²) < 4.78 is 14.3. The highest BCUT2D eigenvalue weighted by Gasteiger charge is 2.74. The molecule has 1 spiro atoms. The highest BCUT2D eigenvalue weighted by Crippen LogP contribution is 2.70. The fourth-order valence-corrected chi connectivity index (χ4v) is 7.00. The van der Waals surface area contributed by atoms with Gasteiger partial charge in [-0.3, -0.25) is 14.8 Å². The molecule has 4 aliphatic rings. The van der Waals surface area contributed by atoms with Crippen LogP contribution >= 0.6 is 11.8 Å². The summed E-state index contributed by atoms with van der Waals surface area (Å²) in [5, 5.41) is 9.37. The number of halogens is 1. The highest BCUT2D eigenvalue weighted by atomic mass is 32.2. The van der Waals surface area contributed by atoms with Crippen molar-refractivity contribution in [2.75, 3.05) is 13.1 Å². The molecule has 1 aromatic carbocycles. The zero-order valence-electron chi connectivity index (χ0n) is 17.9. The lowest BCUT2D eigenvalue weighted by molar-refractivity contribution is -0.130. The minimum atomic E-state index is -0.503. The fourth-order valence-electron chi connectivity index (χ4n) is 5.62. The largest absolute Gasteiger partial charge is 0.378 e. The maximum atomic E-state index is 14.8. The molecule has 3 atom stereocenters. The van der Waals surface area contributed by atoms with Gasteiger partial charge in [-0.2, -0.15) is 5.26 Å². The number of aliphatic imine (C=N–C) groups is 1. The number of pyridine rings is 1. The monoisotopic (exact) mass is 459 g/mol. The molecule has 2 N–H and O–H groups in total. The van der Waals surface area contributed by atoms with Crippen LogP contribution in [0.5, 0.6) is 0 Å². The Bertz CT molecular complexity index is 1280. The van der Waals surface area contributed by atoms with Gasteiger partial charge >= 0.3 is 0 Å². The number of nitriles is 1. The number of thioether (sulfide) groups is 1. The second kappa shape index (κ2) is 7.16. The summed E-state index contributed by atoms with van der Waals surface area (Å²) in [5.41, 5.74) is 9.27. The number of rotatable bonds is 3. The van der Waals surface area contributed by atoms with E-state index in [1.807, 2.05) is 29.2 Å². The molecule has 166 valence electrons. The smallest absolute Gasteiger partial charge is 0.239 e. The highest BCUT2D eigenvalue weighted by molar-refractivity contribution is 8.15. The van der Waals surface area contributed by atoms with E-state index >= 15 is 0 Å². The molecule has 6 rings (SSSR count). The van der Waals surface area contributed by atoms with E-state index < -0.39 is 16.1 Å². The van der Waals surface area contributed by atoms with E-state index in [0.29, 0.717) is 16.3 Å². The van der Waals surface area contributed by atoms with Gasteiger partial charge in [-0.05, 0) is 60.2 Å². The second-order valence-electron chi connectivity index (χ2n) is 9.25. The maximum Gasteiger partial charge on any atom is 0.239 e. The quantitative estimate of drug-likeness (QED) is 0.757. The van der Waals surface area contributed by atoms with Crippen molar-refractivity contribution in [3.8, 4) is 6.07 Å². The van der Waals surface area contributed by atoms with E-state index in [4.69, 9.17) is 16.0 Å². The van der Waals surface area contributed by atoms with Crippen molar-refractivity contribution >= 4 is 34.7 Å². The number of amides is 1. The first-order valence-electron chi connectivity index (χ1n) is 11.2. The lowest BCUT2D eigenvalue weighted by atomic mass is 9.66. The molecule has 0 radical (unpaired) electrons. The fraction of sp³-hybridized carbons (Fsp3) is 0.360. The van der Waals surface area contributed by atoms with Gasteiger partial charge in [-0.1, -0.05) is 23.9 Å². The van der Waals surface area contributed by atoms with Gasteiger partial charge < -0.3 is 10.6 Å². The van der Waals surface area contributed by atoms with E-state index in [0.717, 1.165) is 44.3 Å². The number of nitrogens with zero attached hydrogens (tertiary/aromatic N) is 4. The van der Waals surface area contributed by atoms with Crippen LogP contribution in [-0.2, 0) is 16.8 Å². The number of aromatic nitrogens is 1. The third-order valence-corrected chi connectivity index (χ3v) is 8.62. The summed E-state index contributed by atoms with van der Waals surface area (Å²) in [4.78, 5) is 24.2. The first kappa shape index (κ1) is 20.4. The summed E-state index contributed by atoms with van der Waals surface area (Å²) in [7, 11) is 0. The minimum Gasteiger partial charge on any atom is -0.378 e. The second-order valence-corrected chi connectivity index (χ2v) is 10.6. The number of carbonyl (C=O) groups excluding carboxylic acids is 1. The average Bonchev–Trinajstić information content (AvgIpc) is 3.31. The molecule has 2 aliphatic heterocycles. The van der Waals surface area contributed by atoms with Gasteiger partial charge in [-0.15, -0.1) is 0 Å².